The first-order chi connectivity index (χ1) is 11.6. The zero-order valence-electron chi connectivity index (χ0n) is 12.4. The molecule has 0 atom stereocenters. The van der Waals surface area contributed by atoms with E-state index in [1.165, 1.54) is 16.6 Å². The largest absolute Gasteiger partial charge is 0.436 e. The van der Waals surface area contributed by atoms with Crippen LogP contribution in [0.5, 0.6) is 11.6 Å². The molecule has 3 aromatic rings. The second-order valence-corrected chi connectivity index (χ2v) is 5.95. The predicted octanol–water partition coefficient (Wildman–Crippen LogP) is 3.66. The number of rotatable bonds is 4. The summed E-state index contributed by atoms with van der Waals surface area (Å²) in [6, 6.07) is 7.17. The Hall–Kier alpha value is -2.67. The number of hydrogen-bond acceptors (Lipinski definition) is 4. The second-order valence-electron chi connectivity index (χ2n) is 5.54. The molecule has 4 rings (SSSR count). The zero-order valence-corrected chi connectivity index (χ0v) is 13.1. The van der Waals surface area contributed by atoms with E-state index in [9.17, 15) is 9.18 Å². The summed E-state index contributed by atoms with van der Waals surface area (Å²) in [7, 11) is 0. The summed E-state index contributed by atoms with van der Waals surface area (Å²) in [5.74, 6) is 0.647. The van der Waals surface area contributed by atoms with E-state index < -0.39 is 5.82 Å². The van der Waals surface area contributed by atoms with Crippen molar-refractivity contribution in [1.29, 1.82) is 0 Å². The number of amides is 1. The molecule has 1 aromatic carbocycles. The fourth-order valence-electron chi connectivity index (χ4n) is 2.22. The molecular weight excluding hydrogens is 335 g/mol. The van der Waals surface area contributed by atoms with Crippen LogP contribution in [0.2, 0.25) is 5.02 Å². The Bertz CT molecular complexity index is 939. The Kier molecular flexibility index (Phi) is 3.57. The maximum absolute atomic E-state index is 13.1. The number of carbonyl (C=O) groups is 1. The lowest BCUT2D eigenvalue weighted by Crippen LogP contribution is -2.13. The summed E-state index contributed by atoms with van der Waals surface area (Å²) in [6.45, 7) is 0. The van der Waals surface area contributed by atoms with Crippen molar-refractivity contribution in [1.82, 2.24) is 14.6 Å². The van der Waals surface area contributed by atoms with Crippen molar-refractivity contribution in [2.24, 2.45) is 5.92 Å². The number of anilines is 1. The maximum atomic E-state index is 13.1. The molecule has 8 heteroatoms. The van der Waals surface area contributed by atoms with Crippen molar-refractivity contribution in [3.05, 3.63) is 47.4 Å². The van der Waals surface area contributed by atoms with Gasteiger partial charge in [0, 0.05) is 12.0 Å². The van der Waals surface area contributed by atoms with Crippen LogP contribution >= 0.6 is 11.6 Å². The molecule has 0 aliphatic heterocycles. The van der Waals surface area contributed by atoms with Crippen molar-refractivity contribution in [2.45, 2.75) is 12.8 Å². The van der Waals surface area contributed by atoms with Crippen LogP contribution in [0.15, 0.2) is 36.5 Å². The van der Waals surface area contributed by atoms with Gasteiger partial charge in [-0.2, -0.15) is 0 Å². The highest BCUT2D eigenvalue weighted by Crippen LogP contribution is 2.31. The van der Waals surface area contributed by atoms with Gasteiger partial charge in [-0.25, -0.2) is 13.9 Å². The molecule has 0 radical (unpaired) electrons. The van der Waals surface area contributed by atoms with Gasteiger partial charge in [0.25, 0.3) is 0 Å². The third kappa shape index (κ3) is 3.03. The van der Waals surface area contributed by atoms with Crippen LogP contribution in [0.4, 0.5) is 10.2 Å². The Morgan fingerprint density at radius 2 is 2.17 bits per heavy atom. The molecule has 2 heterocycles. The van der Waals surface area contributed by atoms with Crippen molar-refractivity contribution < 1.29 is 13.9 Å². The lowest BCUT2D eigenvalue weighted by Gasteiger charge is -2.06. The van der Waals surface area contributed by atoms with Crippen LogP contribution in [0.1, 0.15) is 12.8 Å². The molecule has 1 fully saturated rings. The fourth-order valence-corrected chi connectivity index (χ4v) is 2.43. The van der Waals surface area contributed by atoms with E-state index in [4.69, 9.17) is 16.3 Å². The zero-order chi connectivity index (χ0) is 16.7. The van der Waals surface area contributed by atoms with Gasteiger partial charge in [0.05, 0.1) is 11.2 Å². The van der Waals surface area contributed by atoms with Gasteiger partial charge in [-0.15, -0.1) is 5.10 Å². The third-order valence-corrected chi connectivity index (χ3v) is 3.90. The molecule has 1 saturated carbocycles. The Morgan fingerprint density at radius 1 is 1.33 bits per heavy atom. The smallest absolute Gasteiger partial charge is 0.237 e. The summed E-state index contributed by atoms with van der Waals surface area (Å²) in [6.07, 6.45) is 3.45. The fraction of sp³-hybridized carbons (Fsp3) is 0.188. The molecule has 0 unspecified atom stereocenters. The molecule has 1 amide bonds. The number of ether oxygens (including phenoxy) is 1. The first-order valence-corrected chi connectivity index (χ1v) is 7.76. The van der Waals surface area contributed by atoms with E-state index in [2.05, 4.69) is 15.4 Å². The van der Waals surface area contributed by atoms with Crippen LogP contribution in [-0.2, 0) is 4.79 Å². The van der Waals surface area contributed by atoms with E-state index in [1.54, 1.807) is 18.3 Å². The topological polar surface area (TPSA) is 68.5 Å². The van der Waals surface area contributed by atoms with Gasteiger partial charge in [-0.3, -0.25) is 4.79 Å². The van der Waals surface area contributed by atoms with Crippen LogP contribution in [-0.4, -0.2) is 20.5 Å². The Labute approximate surface area is 141 Å². The molecule has 1 N–H and O–H groups in total. The number of carbonyl (C=O) groups excluding carboxylic acids is 1. The van der Waals surface area contributed by atoms with Crippen molar-refractivity contribution in [2.75, 3.05) is 5.32 Å². The number of halogens is 2. The summed E-state index contributed by atoms with van der Waals surface area (Å²) in [4.78, 5) is 16.1. The average Bonchev–Trinajstić information content (AvgIpc) is 3.31. The molecule has 2 aromatic heterocycles. The van der Waals surface area contributed by atoms with Gasteiger partial charge in [0.1, 0.15) is 11.6 Å². The lowest BCUT2D eigenvalue weighted by atomic mass is 10.3. The SMILES string of the molecule is O=C(Nc1cn2nc(Oc3ccc(F)cc3Cl)ccc2n1)C1CC1. The summed E-state index contributed by atoms with van der Waals surface area (Å²) in [5, 5.41) is 7.17. The van der Waals surface area contributed by atoms with Crippen molar-refractivity contribution in [3.8, 4) is 11.6 Å². The Morgan fingerprint density at radius 3 is 2.92 bits per heavy atom. The molecule has 1 aliphatic rings. The first kappa shape index (κ1) is 14.9. The molecule has 0 bridgehead atoms. The standard InChI is InChI=1S/C16H12ClFN4O2/c17-11-7-10(18)3-4-12(11)24-15-6-5-14-19-13(8-22(14)21-15)20-16(23)9-1-2-9/h3-9H,1-2H2,(H,20,23). The molecule has 1 aliphatic carbocycles. The number of benzene rings is 1. The molecule has 24 heavy (non-hydrogen) atoms. The van der Waals surface area contributed by atoms with Crippen molar-refractivity contribution >= 4 is 29.0 Å². The summed E-state index contributed by atoms with van der Waals surface area (Å²) in [5.41, 5.74) is 0.568. The summed E-state index contributed by atoms with van der Waals surface area (Å²) < 4.78 is 20.1. The average molecular weight is 347 g/mol. The van der Waals surface area contributed by atoms with Crippen LogP contribution in [0.25, 0.3) is 5.65 Å². The highest BCUT2D eigenvalue weighted by Gasteiger charge is 2.30. The third-order valence-electron chi connectivity index (χ3n) is 3.60. The highest BCUT2D eigenvalue weighted by molar-refractivity contribution is 6.32. The highest BCUT2D eigenvalue weighted by atomic mass is 35.5. The molecule has 0 spiro atoms. The predicted molar refractivity (Wildman–Crippen MR) is 85.8 cm³/mol. The molecule has 122 valence electrons. The summed E-state index contributed by atoms with van der Waals surface area (Å²) >= 11 is 5.94. The number of fused-ring (bicyclic) bond motifs is 1. The van der Waals surface area contributed by atoms with E-state index >= 15 is 0 Å². The minimum Gasteiger partial charge on any atom is -0.436 e. The van der Waals surface area contributed by atoms with Gasteiger partial charge < -0.3 is 10.1 Å². The monoisotopic (exact) mass is 346 g/mol. The normalized spacial score (nSPS) is 13.9. The van der Waals surface area contributed by atoms with Crippen LogP contribution in [0, 0.1) is 11.7 Å². The first-order valence-electron chi connectivity index (χ1n) is 7.39. The Balaban J connectivity index is 1.57. The van der Waals surface area contributed by atoms with Gasteiger partial charge in [-0.1, -0.05) is 11.6 Å². The quantitative estimate of drug-likeness (QED) is 0.782. The molecular formula is C16H12ClFN4O2. The number of nitrogens with zero attached hydrogens (tertiary/aromatic N) is 3. The van der Waals surface area contributed by atoms with Gasteiger partial charge in [0.2, 0.25) is 11.8 Å². The molecule has 0 saturated heterocycles. The van der Waals surface area contributed by atoms with E-state index in [1.807, 2.05) is 0 Å². The van der Waals surface area contributed by atoms with E-state index in [-0.39, 0.29) is 22.7 Å². The number of nitrogens with one attached hydrogen (secondary N) is 1. The lowest BCUT2D eigenvalue weighted by molar-refractivity contribution is -0.117. The van der Waals surface area contributed by atoms with Crippen LogP contribution < -0.4 is 10.1 Å². The second kappa shape index (κ2) is 5.76. The maximum Gasteiger partial charge on any atom is 0.237 e. The number of imidazole rings is 1. The molecule has 6 nitrogen and oxygen atoms in total. The van der Waals surface area contributed by atoms with E-state index in [0.29, 0.717) is 17.2 Å². The van der Waals surface area contributed by atoms with Crippen molar-refractivity contribution in [3.63, 3.8) is 0 Å². The van der Waals surface area contributed by atoms with Crippen LogP contribution in [0.3, 0.4) is 0 Å². The van der Waals surface area contributed by atoms with Gasteiger partial charge in [0.15, 0.2) is 11.5 Å². The number of hydrogen-bond donors (Lipinski definition) is 1. The van der Waals surface area contributed by atoms with E-state index in [0.717, 1.165) is 18.9 Å². The van der Waals surface area contributed by atoms with Gasteiger partial charge >= 0.3 is 0 Å². The van der Waals surface area contributed by atoms with Gasteiger partial charge in [-0.05, 0) is 37.1 Å². The number of aromatic nitrogens is 3. The minimum absolute atomic E-state index is 0.0204. The minimum atomic E-state index is -0.443.